The van der Waals surface area contributed by atoms with Crippen LogP contribution < -0.4 is 10.1 Å². The van der Waals surface area contributed by atoms with Gasteiger partial charge in [-0.05, 0) is 31.2 Å². The minimum absolute atomic E-state index is 0.0650. The largest absolute Gasteiger partial charge is 0.504 e. The van der Waals surface area contributed by atoms with Crippen LogP contribution in [0.15, 0.2) is 42.5 Å². The molecule has 0 aliphatic carbocycles. The Morgan fingerprint density at radius 1 is 1.24 bits per heavy atom. The second-order valence-corrected chi connectivity index (χ2v) is 5.83. The molecule has 108 valence electrons. The lowest BCUT2D eigenvalue weighted by molar-refractivity contribution is 0.373. The molecule has 0 aliphatic heterocycles. The number of benzene rings is 2. The molecule has 1 heterocycles. The zero-order valence-electron chi connectivity index (χ0n) is 11.8. The molecule has 1 unspecified atom stereocenters. The van der Waals surface area contributed by atoms with Gasteiger partial charge < -0.3 is 15.2 Å². The summed E-state index contributed by atoms with van der Waals surface area (Å²) in [7, 11) is 1.53. The highest BCUT2D eigenvalue weighted by Crippen LogP contribution is 2.32. The number of rotatable bonds is 4. The van der Waals surface area contributed by atoms with Gasteiger partial charge >= 0.3 is 0 Å². The highest BCUT2D eigenvalue weighted by Gasteiger charge is 2.12. The normalized spacial score (nSPS) is 12.3. The van der Waals surface area contributed by atoms with Crippen molar-refractivity contribution in [2.45, 2.75) is 13.0 Å². The van der Waals surface area contributed by atoms with Gasteiger partial charge in [-0.25, -0.2) is 4.98 Å². The van der Waals surface area contributed by atoms with E-state index in [1.165, 1.54) is 11.8 Å². The first-order valence-electron chi connectivity index (χ1n) is 6.66. The molecule has 21 heavy (non-hydrogen) atoms. The third-order valence-electron chi connectivity index (χ3n) is 3.24. The van der Waals surface area contributed by atoms with Crippen molar-refractivity contribution in [1.82, 2.24) is 4.98 Å². The number of aromatic hydroxyl groups is 1. The van der Waals surface area contributed by atoms with Gasteiger partial charge in [0.25, 0.3) is 0 Å². The number of anilines is 1. The predicted octanol–water partition coefficient (Wildman–Crippen LogP) is 4.18. The molecule has 3 rings (SSSR count). The number of nitrogens with one attached hydrogen (secondary N) is 1. The number of hydrogen-bond acceptors (Lipinski definition) is 5. The fourth-order valence-corrected chi connectivity index (χ4v) is 3.14. The average molecular weight is 300 g/mol. The van der Waals surface area contributed by atoms with E-state index < -0.39 is 0 Å². The Balaban J connectivity index is 1.82. The maximum Gasteiger partial charge on any atom is 0.160 e. The molecule has 0 spiro atoms. The monoisotopic (exact) mass is 300 g/mol. The lowest BCUT2D eigenvalue weighted by Gasteiger charge is -2.13. The van der Waals surface area contributed by atoms with Crippen LogP contribution in [0.4, 0.5) is 5.69 Å². The molecule has 3 aromatic rings. The summed E-state index contributed by atoms with van der Waals surface area (Å²) in [4.78, 5) is 4.63. The van der Waals surface area contributed by atoms with Gasteiger partial charge in [-0.15, -0.1) is 11.3 Å². The smallest absolute Gasteiger partial charge is 0.160 e. The molecular weight excluding hydrogens is 284 g/mol. The first-order chi connectivity index (χ1) is 10.2. The highest BCUT2D eigenvalue weighted by molar-refractivity contribution is 7.18. The fraction of sp³-hybridized carbons (Fsp3) is 0.188. The van der Waals surface area contributed by atoms with Crippen LogP contribution in [0.1, 0.15) is 18.0 Å². The van der Waals surface area contributed by atoms with Crippen molar-refractivity contribution in [2.24, 2.45) is 0 Å². The summed E-state index contributed by atoms with van der Waals surface area (Å²) in [5.74, 6) is 0.590. The Morgan fingerprint density at radius 2 is 2.05 bits per heavy atom. The van der Waals surface area contributed by atoms with Gasteiger partial charge in [-0.3, -0.25) is 0 Å². The molecule has 1 aromatic heterocycles. The molecule has 0 amide bonds. The van der Waals surface area contributed by atoms with Crippen LogP contribution in [0.2, 0.25) is 0 Å². The maximum atomic E-state index is 9.81. The lowest BCUT2D eigenvalue weighted by atomic mass is 10.2. The van der Waals surface area contributed by atoms with Gasteiger partial charge in [0.1, 0.15) is 5.01 Å². The summed E-state index contributed by atoms with van der Waals surface area (Å²) in [5.41, 5.74) is 1.85. The zero-order valence-corrected chi connectivity index (χ0v) is 12.6. The second kappa shape index (κ2) is 5.61. The van der Waals surface area contributed by atoms with E-state index in [4.69, 9.17) is 4.74 Å². The Hall–Kier alpha value is -2.27. The predicted molar refractivity (Wildman–Crippen MR) is 86.3 cm³/mol. The van der Waals surface area contributed by atoms with E-state index in [-0.39, 0.29) is 11.8 Å². The van der Waals surface area contributed by atoms with E-state index in [2.05, 4.69) is 23.3 Å². The molecule has 0 saturated heterocycles. The summed E-state index contributed by atoms with van der Waals surface area (Å²) < 4.78 is 6.22. The van der Waals surface area contributed by atoms with Crippen molar-refractivity contribution in [3.05, 3.63) is 47.5 Å². The molecule has 2 N–H and O–H groups in total. The number of aromatic nitrogens is 1. The average Bonchev–Trinajstić information content (AvgIpc) is 2.91. The van der Waals surface area contributed by atoms with Crippen LogP contribution in [0, 0.1) is 0 Å². The number of hydrogen-bond donors (Lipinski definition) is 2. The van der Waals surface area contributed by atoms with Gasteiger partial charge in [-0.2, -0.15) is 0 Å². The van der Waals surface area contributed by atoms with E-state index >= 15 is 0 Å². The van der Waals surface area contributed by atoms with Crippen molar-refractivity contribution >= 4 is 27.2 Å². The van der Waals surface area contributed by atoms with Gasteiger partial charge in [-0.1, -0.05) is 12.1 Å². The third-order valence-corrected chi connectivity index (χ3v) is 4.46. The molecule has 5 heteroatoms. The van der Waals surface area contributed by atoms with E-state index in [0.717, 1.165) is 16.2 Å². The fourth-order valence-electron chi connectivity index (χ4n) is 2.17. The molecule has 0 fully saturated rings. The number of para-hydroxylation sites is 1. The molecule has 0 saturated carbocycles. The van der Waals surface area contributed by atoms with Crippen LogP contribution >= 0.6 is 11.3 Å². The quantitative estimate of drug-likeness (QED) is 0.759. The Labute approximate surface area is 127 Å². The topological polar surface area (TPSA) is 54.4 Å². The molecule has 1 atom stereocenters. The number of methoxy groups -OCH3 is 1. The number of nitrogens with zero attached hydrogens (tertiary/aromatic N) is 1. The van der Waals surface area contributed by atoms with Crippen molar-refractivity contribution in [2.75, 3.05) is 12.4 Å². The lowest BCUT2D eigenvalue weighted by Crippen LogP contribution is -2.06. The van der Waals surface area contributed by atoms with E-state index in [1.54, 1.807) is 23.5 Å². The second-order valence-electron chi connectivity index (χ2n) is 4.77. The molecule has 2 aromatic carbocycles. The standard InChI is InChI=1S/C16H16N2O2S/c1-10(16-18-12-5-3-4-6-15(12)21-16)17-11-7-8-14(20-2)13(19)9-11/h3-10,17,19H,1-2H3. The minimum Gasteiger partial charge on any atom is -0.504 e. The van der Waals surface area contributed by atoms with Crippen LogP contribution in [0.3, 0.4) is 0 Å². The Bertz CT molecular complexity index is 737. The SMILES string of the molecule is COc1ccc(NC(C)c2nc3ccccc3s2)cc1O. The van der Waals surface area contributed by atoms with Crippen molar-refractivity contribution in [3.8, 4) is 11.5 Å². The van der Waals surface area contributed by atoms with E-state index in [1.807, 2.05) is 24.3 Å². The molecular formula is C16H16N2O2S. The summed E-state index contributed by atoms with van der Waals surface area (Å²) in [6, 6.07) is 13.4. The van der Waals surface area contributed by atoms with Gasteiger partial charge in [0, 0.05) is 11.8 Å². The zero-order chi connectivity index (χ0) is 14.8. The van der Waals surface area contributed by atoms with Crippen molar-refractivity contribution in [1.29, 1.82) is 0 Å². The summed E-state index contributed by atoms with van der Waals surface area (Å²) in [6.07, 6.45) is 0. The first kappa shape index (κ1) is 13.7. The molecule has 4 nitrogen and oxygen atoms in total. The summed E-state index contributed by atoms with van der Waals surface area (Å²) in [6.45, 7) is 2.05. The van der Waals surface area contributed by atoms with E-state index in [9.17, 15) is 5.11 Å². The third kappa shape index (κ3) is 2.78. The van der Waals surface area contributed by atoms with Crippen LogP contribution in [0.25, 0.3) is 10.2 Å². The van der Waals surface area contributed by atoms with Crippen molar-refractivity contribution < 1.29 is 9.84 Å². The van der Waals surface area contributed by atoms with Crippen LogP contribution in [0.5, 0.6) is 11.5 Å². The molecule has 0 radical (unpaired) electrons. The number of phenolic OH excluding ortho intramolecular Hbond substituents is 1. The van der Waals surface area contributed by atoms with Crippen molar-refractivity contribution in [3.63, 3.8) is 0 Å². The molecule has 0 bridgehead atoms. The summed E-state index contributed by atoms with van der Waals surface area (Å²) >= 11 is 1.68. The number of thiazole rings is 1. The van der Waals surface area contributed by atoms with Gasteiger partial charge in [0.2, 0.25) is 0 Å². The number of phenols is 1. The van der Waals surface area contributed by atoms with Gasteiger partial charge in [0.05, 0.1) is 23.4 Å². The van der Waals surface area contributed by atoms with Crippen LogP contribution in [-0.4, -0.2) is 17.2 Å². The summed E-state index contributed by atoms with van der Waals surface area (Å²) in [5, 5.41) is 14.2. The molecule has 0 aliphatic rings. The number of fused-ring (bicyclic) bond motifs is 1. The highest BCUT2D eigenvalue weighted by atomic mass is 32.1. The van der Waals surface area contributed by atoms with Gasteiger partial charge in [0.15, 0.2) is 11.5 Å². The minimum atomic E-state index is 0.0650. The van der Waals surface area contributed by atoms with E-state index in [0.29, 0.717) is 5.75 Å². The Morgan fingerprint density at radius 3 is 2.76 bits per heavy atom. The van der Waals surface area contributed by atoms with Crippen LogP contribution in [-0.2, 0) is 0 Å². The Kier molecular flexibility index (Phi) is 3.66. The number of ether oxygens (including phenoxy) is 1. The maximum absolute atomic E-state index is 9.81. The first-order valence-corrected chi connectivity index (χ1v) is 7.48.